The highest BCUT2D eigenvalue weighted by molar-refractivity contribution is 6.00. The van der Waals surface area contributed by atoms with Gasteiger partial charge in [-0.25, -0.2) is 9.67 Å². The van der Waals surface area contributed by atoms with Crippen LogP contribution in [0.1, 0.15) is 69.8 Å². The number of aromatic nitrogens is 3. The third-order valence-electron chi connectivity index (χ3n) is 10.2. The van der Waals surface area contributed by atoms with E-state index in [1.165, 1.54) is 5.56 Å². The molecular formula is C42H50N8O3. The van der Waals surface area contributed by atoms with Crippen LogP contribution in [-0.4, -0.2) is 76.9 Å². The van der Waals surface area contributed by atoms with E-state index in [0.29, 0.717) is 30.6 Å². The van der Waals surface area contributed by atoms with Crippen molar-refractivity contribution in [3.63, 3.8) is 0 Å². The Morgan fingerprint density at radius 2 is 1.51 bits per heavy atom. The SMILES string of the molecule is CCc1nc2c(cnn2CC)c(NC2CCOCC2)c1CNC(=O)c1cccc(C(=O)NCc2cccc(-c3cccc(CN4CCNCC4)c3)c2)c1. The number of fused-ring (bicyclic) bond motifs is 1. The second-order valence-corrected chi connectivity index (χ2v) is 13.9. The predicted octanol–water partition coefficient (Wildman–Crippen LogP) is 5.54. The van der Waals surface area contributed by atoms with Crippen molar-refractivity contribution in [2.75, 3.05) is 44.7 Å². The second kappa shape index (κ2) is 17.2. The van der Waals surface area contributed by atoms with E-state index in [9.17, 15) is 9.59 Å². The van der Waals surface area contributed by atoms with Crippen LogP contribution in [0.4, 0.5) is 5.69 Å². The number of hydrogen-bond acceptors (Lipinski definition) is 8. The number of hydrogen-bond donors (Lipinski definition) is 4. The number of benzene rings is 3. The van der Waals surface area contributed by atoms with Crippen LogP contribution in [0, 0.1) is 0 Å². The summed E-state index contributed by atoms with van der Waals surface area (Å²) in [5.41, 5.74) is 9.12. The van der Waals surface area contributed by atoms with Gasteiger partial charge in [-0.1, -0.05) is 49.4 Å². The van der Waals surface area contributed by atoms with Crippen molar-refractivity contribution in [3.8, 4) is 11.1 Å². The molecule has 11 nitrogen and oxygen atoms in total. The Bertz CT molecular complexity index is 2050. The van der Waals surface area contributed by atoms with E-state index in [2.05, 4.69) is 81.5 Å². The molecule has 2 aliphatic rings. The molecule has 2 amide bonds. The molecule has 0 saturated carbocycles. The number of rotatable bonds is 13. The molecule has 0 spiro atoms. The molecule has 2 saturated heterocycles. The van der Waals surface area contributed by atoms with Crippen LogP contribution in [0.2, 0.25) is 0 Å². The molecule has 0 bridgehead atoms. The summed E-state index contributed by atoms with van der Waals surface area (Å²) < 4.78 is 7.51. The van der Waals surface area contributed by atoms with E-state index in [-0.39, 0.29) is 17.9 Å². The average Bonchev–Trinajstić information content (AvgIpc) is 3.63. The van der Waals surface area contributed by atoms with E-state index in [1.807, 2.05) is 23.0 Å². The fraction of sp³-hybridized carbons (Fsp3) is 0.381. The molecule has 7 rings (SSSR count). The molecule has 3 aromatic carbocycles. The van der Waals surface area contributed by atoms with Crippen molar-refractivity contribution in [2.24, 2.45) is 0 Å². The predicted molar refractivity (Wildman–Crippen MR) is 209 cm³/mol. The largest absolute Gasteiger partial charge is 0.381 e. The number of nitrogens with zero attached hydrogens (tertiary/aromatic N) is 4. The second-order valence-electron chi connectivity index (χ2n) is 13.9. The monoisotopic (exact) mass is 714 g/mol. The number of piperazine rings is 1. The van der Waals surface area contributed by atoms with Gasteiger partial charge >= 0.3 is 0 Å². The van der Waals surface area contributed by atoms with Crippen LogP contribution in [0.3, 0.4) is 0 Å². The third kappa shape index (κ3) is 8.76. The fourth-order valence-electron chi connectivity index (χ4n) is 7.29. The van der Waals surface area contributed by atoms with Gasteiger partial charge in [0, 0.05) is 94.0 Å². The van der Waals surface area contributed by atoms with Crippen LogP contribution in [0.25, 0.3) is 22.2 Å². The molecule has 2 fully saturated rings. The first kappa shape index (κ1) is 36.3. The van der Waals surface area contributed by atoms with Crippen molar-refractivity contribution in [1.82, 2.24) is 35.6 Å². The standard InChI is InChI=1S/C42H50N8O3/c1-3-38-36(39(47-35-14-20-53-21-15-35)37-27-46-50(4-2)40(37)48-38)26-45-42(52)34-13-7-12-33(24-34)41(51)44-25-29-8-5-10-31(22-29)32-11-6-9-30(23-32)28-49-18-16-43-17-19-49/h5-13,22-24,27,35,43H,3-4,14-21,25-26,28H2,1-2H3,(H,44,51)(H,45,52)(H,47,48). The van der Waals surface area contributed by atoms with Crippen LogP contribution >= 0.6 is 0 Å². The maximum Gasteiger partial charge on any atom is 0.251 e. The molecule has 5 aromatic rings. The maximum atomic E-state index is 13.6. The quantitative estimate of drug-likeness (QED) is 0.125. The topological polar surface area (TPSA) is 125 Å². The number of ether oxygens (including phenoxy) is 1. The highest BCUT2D eigenvalue weighted by Crippen LogP contribution is 2.31. The van der Waals surface area contributed by atoms with Gasteiger partial charge in [0.25, 0.3) is 11.8 Å². The van der Waals surface area contributed by atoms with Gasteiger partial charge in [0.15, 0.2) is 5.65 Å². The molecule has 2 aliphatic heterocycles. The lowest BCUT2D eigenvalue weighted by atomic mass is 10.0. The van der Waals surface area contributed by atoms with E-state index in [1.54, 1.807) is 24.3 Å². The van der Waals surface area contributed by atoms with Crippen LogP contribution < -0.4 is 21.3 Å². The molecule has 0 radical (unpaired) electrons. The first-order valence-electron chi connectivity index (χ1n) is 19.0. The molecule has 11 heteroatoms. The highest BCUT2D eigenvalue weighted by atomic mass is 16.5. The summed E-state index contributed by atoms with van der Waals surface area (Å²) in [5, 5.41) is 18.9. The molecule has 0 atom stereocenters. The van der Waals surface area contributed by atoms with Crippen molar-refractivity contribution < 1.29 is 14.3 Å². The Balaban J connectivity index is 1.01. The molecular weight excluding hydrogens is 665 g/mol. The summed E-state index contributed by atoms with van der Waals surface area (Å²) in [6, 6.07) is 24.1. The van der Waals surface area contributed by atoms with E-state index in [4.69, 9.17) is 9.72 Å². The molecule has 0 aliphatic carbocycles. The Hall–Kier alpha value is -5.10. The smallest absolute Gasteiger partial charge is 0.251 e. The van der Waals surface area contributed by atoms with Crippen molar-refractivity contribution in [3.05, 3.63) is 113 Å². The molecule has 276 valence electrons. The van der Waals surface area contributed by atoms with Crippen molar-refractivity contribution in [2.45, 2.75) is 65.3 Å². The Morgan fingerprint density at radius 1 is 0.849 bits per heavy atom. The summed E-state index contributed by atoms with van der Waals surface area (Å²) in [5.74, 6) is -0.489. The van der Waals surface area contributed by atoms with Gasteiger partial charge in [-0.15, -0.1) is 0 Å². The lowest BCUT2D eigenvalue weighted by Gasteiger charge is -2.27. The molecule has 4 heterocycles. The average molecular weight is 715 g/mol. The molecule has 53 heavy (non-hydrogen) atoms. The van der Waals surface area contributed by atoms with E-state index in [0.717, 1.165) is 110 Å². The first-order chi connectivity index (χ1) is 26.0. The normalized spacial score (nSPS) is 15.4. The number of amides is 2. The van der Waals surface area contributed by atoms with Crippen LogP contribution in [0.15, 0.2) is 79.0 Å². The van der Waals surface area contributed by atoms with Gasteiger partial charge in [0.1, 0.15) is 0 Å². The Morgan fingerprint density at radius 3 is 2.21 bits per heavy atom. The summed E-state index contributed by atoms with van der Waals surface area (Å²) in [6.45, 7) is 12.1. The zero-order chi connectivity index (χ0) is 36.6. The molecule has 4 N–H and O–H groups in total. The number of anilines is 1. The van der Waals surface area contributed by atoms with Gasteiger partial charge in [0.2, 0.25) is 0 Å². The summed E-state index contributed by atoms with van der Waals surface area (Å²) >= 11 is 0. The zero-order valence-corrected chi connectivity index (χ0v) is 30.8. The van der Waals surface area contributed by atoms with E-state index >= 15 is 0 Å². The first-order valence-corrected chi connectivity index (χ1v) is 19.0. The Kier molecular flexibility index (Phi) is 11.7. The lowest BCUT2D eigenvalue weighted by molar-refractivity contribution is 0.0904. The summed E-state index contributed by atoms with van der Waals surface area (Å²) in [7, 11) is 0. The number of aryl methyl sites for hydroxylation is 2. The number of carbonyl (C=O) groups is 2. The Labute approximate surface area is 311 Å². The van der Waals surface area contributed by atoms with Gasteiger partial charge < -0.3 is 26.0 Å². The summed E-state index contributed by atoms with van der Waals surface area (Å²) in [4.78, 5) is 34.4. The maximum absolute atomic E-state index is 13.6. The molecule has 2 aromatic heterocycles. The summed E-state index contributed by atoms with van der Waals surface area (Å²) in [6.07, 6.45) is 4.39. The molecule has 0 unspecified atom stereocenters. The highest BCUT2D eigenvalue weighted by Gasteiger charge is 2.22. The number of pyridine rings is 1. The van der Waals surface area contributed by atoms with Crippen LogP contribution in [0.5, 0.6) is 0 Å². The number of carbonyl (C=O) groups excluding carboxylic acids is 2. The van der Waals surface area contributed by atoms with Gasteiger partial charge in [-0.05, 0) is 78.8 Å². The minimum absolute atomic E-state index is 0.234. The minimum Gasteiger partial charge on any atom is -0.381 e. The van der Waals surface area contributed by atoms with Crippen molar-refractivity contribution in [1.29, 1.82) is 0 Å². The minimum atomic E-state index is -0.255. The van der Waals surface area contributed by atoms with Crippen LogP contribution in [-0.2, 0) is 37.3 Å². The number of nitrogens with one attached hydrogen (secondary N) is 4. The third-order valence-corrected chi connectivity index (χ3v) is 10.2. The van der Waals surface area contributed by atoms with Gasteiger partial charge in [0.05, 0.1) is 17.3 Å². The lowest BCUT2D eigenvalue weighted by Crippen LogP contribution is -2.42. The zero-order valence-electron chi connectivity index (χ0n) is 30.8. The van der Waals surface area contributed by atoms with Gasteiger partial charge in [-0.2, -0.15) is 5.10 Å². The van der Waals surface area contributed by atoms with E-state index < -0.39 is 0 Å². The fourth-order valence-corrected chi connectivity index (χ4v) is 7.29. The van der Waals surface area contributed by atoms with Gasteiger partial charge in [-0.3, -0.25) is 14.5 Å². The van der Waals surface area contributed by atoms with Crippen molar-refractivity contribution >= 4 is 28.5 Å².